The molecule has 0 radical (unpaired) electrons. The predicted octanol–water partition coefficient (Wildman–Crippen LogP) is 13.9. The molecule has 61 heavy (non-hydrogen) atoms. The second kappa shape index (κ2) is 15.3. The molecule has 4 heterocycles. The summed E-state index contributed by atoms with van der Waals surface area (Å²) >= 11 is 0. The molecule has 0 amide bonds. The number of furan rings is 1. The van der Waals surface area contributed by atoms with Gasteiger partial charge in [0.15, 0.2) is 0 Å². The molecule has 10 aromatic rings. The molecule has 7 aromatic carbocycles. The van der Waals surface area contributed by atoms with Crippen LogP contribution >= 0.6 is 0 Å². The van der Waals surface area contributed by atoms with E-state index < -0.39 is 0 Å². The quantitative estimate of drug-likeness (QED) is 0.149. The fourth-order valence-corrected chi connectivity index (χ4v) is 8.20. The summed E-state index contributed by atoms with van der Waals surface area (Å²) in [6.45, 7) is 8.78. The monoisotopic (exact) mass is 970 g/mol. The molecule has 0 unspecified atom stereocenters. The Morgan fingerprint density at radius 2 is 1.33 bits per heavy atom. The Labute approximate surface area is 369 Å². The molecular weight excluding hydrogens is 932 g/mol. The molecule has 0 spiro atoms. The summed E-state index contributed by atoms with van der Waals surface area (Å²) < 4.78 is 15.3. The number of hydrogen-bond donors (Lipinski definition) is 0. The van der Waals surface area contributed by atoms with Gasteiger partial charge >= 0.3 is 0 Å². The number of hydrogen-bond acceptors (Lipinski definition) is 5. The summed E-state index contributed by atoms with van der Waals surface area (Å²) in [5.74, 6) is 1.91. The Kier molecular flexibility index (Phi) is 9.61. The third-order valence-electron chi connectivity index (χ3n) is 11.3. The van der Waals surface area contributed by atoms with E-state index in [1.807, 2.05) is 54.7 Å². The van der Waals surface area contributed by atoms with Crippen LogP contribution in [0.3, 0.4) is 0 Å². The first-order valence-corrected chi connectivity index (χ1v) is 20.2. The first-order chi connectivity index (χ1) is 29.3. The zero-order valence-electron chi connectivity index (χ0n) is 33.7. The van der Waals surface area contributed by atoms with Gasteiger partial charge in [0.05, 0.1) is 0 Å². The van der Waals surface area contributed by atoms with E-state index in [9.17, 15) is 0 Å². The molecule has 1 aliphatic rings. The van der Waals surface area contributed by atoms with E-state index in [0.717, 1.165) is 88.9 Å². The van der Waals surface area contributed by atoms with Crippen LogP contribution in [0.2, 0.25) is 0 Å². The molecule has 3 aromatic heterocycles. The van der Waals surface area contributed by atoms with E-state index in [4.69, 9.17) is 14.1 Å². The maximum Gasteiger partial charge on any atom is 0.140 e. The largest absolute Gasteiger partial charge is 0.509 e. The van der Waals surface area contributed by atoms with Crippen LogP contribution in [0.1, 0.15) is 31.9 Å². The van der Waals surface area contributed by atoms with E-state index in [0.29, 0.717) is 11.5 Å². The van der Waals surface area contributed by atoms with Crippen molar-refractivity contribution >= 4 is 60.8 Å². The zero-order chi connectivity index (χ0) is 40.4. The topological polar surface area (TPSA) is 46.7 Å². The van der Waals surface area contributed by atoms with Gasteiger partial charge in [-0.15, -0.1) is 53.6 Å². The van der Waals surface area contributed by atoms with Gasteiger partial charge in [0.2, 0.25) is 0 Å². The second-order valence-electron chi connectivity index (χ2n) is 16.2. The maximum atomic E-state index is 6.83. The van der Waals surface area contributed by atoms with Crippen LogP contribution in [0, 0.1) is 18.8 Å². The number of ether oxygens (including phenoxy) is 1. The second-order valence-corrected chi connectivity index (χ2v) is 16.2. The van der Waals surface area contributed by atoms with Gasteiger partial charge in [0.1, 0.15) is 17.0 Å². The van der Waals surface area contributed by atoms with E-state index in [-0.39, 0.29) is 26.5 Å². The van der Waals surface area contributed by atoms with Gasteiger partial charge in [-0.3, -0.25) is 0 Å². The van der Waals surface area contributed by atoms with Crippen molar-refractivity contribution < 1.29 is 30.2 Å². The number of benzene rings is 7. The molecule has 7 heteroatoms. The minimum Gasteiger partial charge on any atom is -0.509 e. The van der Waals surface area contributed by atoms with Crippen LogP contribution in [-0.4, -0.2) is 9.55 Å². The molecular formula is C54H39N4O2Pt-3. The number of nitrogens with zero attached hydrogens (tertiary/aromatic N) is 4. The normalized spacial score (nSPS) is 13.0. The fraction of sp³-hybridized carbons (Fsp3) is 0.0741. The van der Waals surface area contributed by atoms with Crippen LogP contribution < -0.4 is 14.5 Å². The molecule has 0 saturated heterocycles. The number of para-hydroxylation sites is 2. The van der Waals surface area contributed by atoms with Gasteiger partial charge < -0.3 is 23.5 Å². The standard InChI is InChI=1S/C54H39N4O2.Pt/c1-54(2,3)39-28-41(57-35-56(40-19-11-6-12-20-40)34-50(57)37-17-9-5-10-18-37)30-43(29-39)59-42-24-25-44-46-27-38(36-15-7-4-8-16-36)23-26-48(46)58(49(44)31-42)53-32-52-47(33-55-53)45-21-13-14-22-51(45)60-52;/h4-29,32-35H,1-3H3;/q-3;. The first-order valence-electron chi connectivity index (χ1n) is 20.2. The molecule has 0 bridgehead atoms. The summed E-state index contributed by atoms with van der Waals surface area (Å²) in [7, 11) is 0. The summed E-state index contributed by atoms with van der Waals surface area (Å²) in [5.41, 5.74) is 10.8. The van der Waals surface area contributed by atoms with E-state index in [1.165, 1.54) is 0 Å². The average molecular weight is 971 g/mol. The number of pyridine rings is 1. The van der Waals surface area contributed by atoms with Crippen LogP contribution in [0.25, 0.3) is 66.4 Å². The summed E-state index contributed by atoms with van der Waals surface area (Å²) in [6.07, 6.45) is 4.08. The fourth-order valence-electron chi connectivity index (χ4n) is 8.20. The van der Waals surface area contributed by atoms with Crippen molar-refractivity contribution in [3.63, 3.8) is 0 Å². The predicted molar refractivity (Wildman–Crippen MR) is 244 cm³/mol. The van der Waals surface area contributed by atoms with Crippen molar-refractivity contribution in [2.75, 3.05) is 9.80 Å². The minimum absolute atomic E-state index is 0. The summed E-state index contributed by atoms with van der Waals surface area (Å²) in [6, 6.07) is 63.8. The Hall–Kier alpha value is -6.88. The van der Waals surface area contributed by atoms with E-state index in [1.54, 1.807) is 0 Å². The number of rotatable bonds is 7. The van der Waals surface area contributed by atoms with E-state index in [2.05, 4.69) is 175 Å². The molecule has 6 nitrogen and oxygen atoms in total. The van der Waals surface area contributed by atoms with Gasteiger partial charge in [-0.25, -0.2) is 4.98 Å². The molecule has 1 aliphatic heterocycles. The third kappa shape index (κ3) is 6.97. The Bertz CT molecular complexity index is 3260. The summed E-state index contributed by atoms with van der Waals surface area (Å²) in [4.78, 5) is 9.39. The van der Waals surface area contributed by atoms with Crippen molar-refractivity contribution in [1.82, 2.24) is 9.55 Å². The molecule has 11 rings (SSSR count). The Morgan fingerprint density at radius 3 is 2.10 bits per heavy atom. The van der Waals surface area contributed by atoms with Gasteiger partial charge in [-0.2, -0.15) is 6.07 Å². The van der Waals surface area contributed by atoms with Gasteiger partial charge in [0, 0.05) is 72.5 Å². The smallest absolute Gasteiger partial charge is 0.140 e. The molecule has 0 fully saturated rings. The third-order valence-corrected chi connectivity index (χ3v) is 11.3. The Morgan fingerprint density at radius 1 is 0.607 bits per heavy atom. The van der Waals surface area contributed by atoms with Gasteiger partial charge in [-0.1, -0.05) is 135 Å². The van der Waals surface area contributed by atoms with E-state index >= 15 is 0 Å². The van der Waals surface area contributed by atoms with Crippen molar-refractivity contribution in [2.24, 2.45) is 0 Å². The van der Waals surface area contributed by atoms with Crippen LogP contribution in [0.5, 0.6) is 11.5 Å². The van der Waals surface area contributed by atoms with Crippen molar-refractivity contribution in [3.8, 4) is 28.4 Å². The number of aromatic nitrogens is 2. The number of fused-ring (bicyclic) bond motifs is 6. The maximum absolute atomic E-state index is 6.83. The average Bonchev–Trinajstić information content (AvgIpc) is 3.99. The minimum atomic E-state index is -0.172. The number of anilines is 2. The molecule has 0 aliphatic carbocycles. The molecule has 0 saturated carbocycles. The first kappa shape index (κ1) is 38.3. The van der Waals surface area contributed by atoms with Gasteiger partial charge in [-0.05, 0) is 58.0 Å². The Balaban J connectivity index is 0.00000445. The van der Waals surface area contributed by atoms with Gasteiger partial charge in [0.25, 0.3) is 0 Å². The molecule has 0 N–H and O–H groups in total. The molecule has 0 atom stereocenters. The van der Waals surface area contributed by atoms with Crippen molar-refractivity contribution in [3.05, 3.63) is 206 Å². The van der Waals surface area contributed by atoms with Crippen LogP contribution in [0.4, 0.5) is 11.4 Å². The van der Waals surface area contributed by atoms with Crippen molar-refractivity contribution in [1.29, 1.82) is 0 Å². The van der Waals surface area contributed by atoms with Crippen molar-refractivity contribution in [2.45, 2.75) is 26.2 Å². The summed E-state index contributed by atoms with van der Waals surface area (Å²) in [5, 5.41) is 4.16. The molecule has 300 valence electrons. The van der Waals surface area contributed by atoms with Crippen LogP contribution in [0.15, 0.2) is 181 Å². The van der Waals surface area contributed by atoms with Crippen LogP contribution in [-0.2, 0) is 26.5 Å². The zero-order valence-corrected chi connectivity index (χ0v) is 36.0. The SMILES string of the molecule is CC(C)(C)c1cc(Oc2[c-]c3c(cc2)c2cc(-c4ccccc4)ccc2n3-c2cc3oc4ccccc4c3cn2)[c-]c(N2[CH-]N(c3ccccc3)C=C2c2ccccc2)c1.[Pt].